The lowest BCUT2D eigenvalue weighted by Gasteiger charge is -2.06. The zero-order valence-electron chi connectivity index (χ0n) is 6.33. The molecule has 0 amide bonds. The van der Waals surface area contributed by atoms with Crippen LogP contribution >= 0.6 is 11.8 Å². The molecule has 0 rings (SSSR count). The van der Waals surface area contributed by atoms with Crippen LogP contribution in [0.1, 0.15) is 0 Å². The second kappa shape index (κ2) is 5.56. The Morgan fingerprint density at radius 1 is 1.60 bits per heavy atom. The lowest BCUT2D eigenvalue weighted by Crippen LogP contribution is -2.15. The van der Waals surface area contributed by atoms with E-state index in [0.717, 1.165) is 12.3 Å². The second-order valence-corrected chi connectivity index (χ2v) is 3.35. The molecule has 0 atom stereocenters. The summed E-state index contributed by atoms with van der Waals surface area (Å²) in [5.41, 5.74) is 0. The van der Waals surface area contributed by atoms with E-state index < -0.39 is 5.97 Å². The zero-order valence-corrected chi connectivity index (χ0v) is 7.15. The fourth-order valence-electron chi connectivity index (χ4n) is 0.407. The van der Waals surface area contributed by atoms with Crippen LogP contribution in [-0.4, -0.2) is 48.1 Å². The maximum Gasteiger partial charge on any atom is 0.313 e. The Hall–Kier alpha value is -0.220. The molecule has 0 aromatic heterocycles. The van der Waals surface area contributed by atoms with Gasteiger partial charge in [-0.2, -0.15) is 0 Å². The molecule has 10 heavy (non-hydrogen) atoms. The van der Waals surface area contributed by atoms with E-state index in [0.29, 0.717) is 0 Å². The number of hydrogen-bond donors (Lipinski definition) is 1. The predicted octanol–water partition coefficient (Wildman–Crippen LogP) is 0.366. The van der Waals surface area contributed by atoms with E-state index >= 15 is 0 Å². The molecule has 0 spiro atoms. The number of carboxylic acids is 1. The molecule has 0 saturated heterocycles. The maximum absolute atomic E-state index is 10.0. The zero-order chi connectivity index (χ0) is 7.98. The summed E-state index contributed by atoms with van der Waals surface area (Å²) in [6.45, 7) is 0.942. The van der Waals surface area contributed by atoms with Crippen LogP contribution in [0.3, 0.4) is 0 Å². The number of rotatable bonds is 5. The number of hydrogen-bond acceptors (Lipinski definition) is 3. The van der Waals surface area contributed by atoms with Gasteiger partial charge in [0.1, 0.15) is 0 Å². The van der Waals surface area contributed by atoms with Crippen LogP contribution in [0.2, 0.25) is 0 Å². The quantitative estimate of drug-likeness (QED) is 0.594. The van der Waals surface area contributed by atoms with Gasteiger partial charge in [-0.15, -0.1) is 11.8 Å². The standard InChI is InChI=1S/C6H13NO2S/c1-7(2)3-4-10-5-6(8)9/h3-5H2,1-2H3,(H,8,9). The Balaban J connectivity index is 2.98. The minimum absolute atomic E-state index is 0.216. The minimum Gasteiger partial charge on any atom is -0.481 e. The van der Waals surface area contributed by atoms with E-state index in [-0.39, 0.29) is 5.75 Å². The topological polar surface area (TPSA) is 40.5 Å². The molecule has 0 aliphatic rings. The van der Waals surface area contributed by atoms with E-state index in [4.69, 9.17) is 5.11 Å². The normalized spacial score (nSPS) is 10.3. The fourth-order valence-corrected chi connectivity index (χ4v) is 1.22. The summed E-state index contributed by atoms with van der Waals surface area (Å²) in [7, 11) is 3.95. The van der Waals surface area contributed by atoms with Gasteiger partial charge in [0.2, 0.25) is 0 Å². The van der Waals surface area contributed by atoms with Crippen molar-refractivity contribution >= 4 is 17.7 Å². The Labute approximate surface area is 65.4 Å². The summed E-state index contributed by atoms with van der Waals surface area (Å²) in [4.78, 5) is 12.0. The van der Waals surface area contributed by atoms with Gasteiger partial charge in [-0.3, -0.25) is 4.79 Å². The average Bonchev–Trinajstić information content (AvgIpc) is 1.79. The van der Waals surface area contributed by atoms with Crippen molar-refractivity contribution in [3.8, 4) is 0 Å². The first-order valence-electron chi connectivity index (χ1n) is 3.07. The van der Waals surface area contributed by atoms with Crippen LogP contribution in [0.15, 0.2) is 0 Å². The Morgan fingerprint density at radius 2 is 2.20 bits per heavy atom. The molecule has 0 aromatic carbocycles. The van der Waals surface area contributed by atoms with E-state index in [2.05, 4.69) is 0 Å². The van der Waals surface area contributed by atoms with Gasteiger partial charge in [0.25, 0.3) is 0 Å². The minimum atomic E-state index is -0.733. The van der Waals surface area contributed by atoms with Crippen LogP contribution in [-0.2, 0) is 4.79 Å². The molecule has 3 nitrogen and oxygen atoms in total. The Morgan fingerprint density at radius 3 is 2.60 bits per heavy atom. The lowest BCUT2D eigenvalue weighted by atomic mass is 10.7. The summed E-state index contributed by atoms with van der Waals surface area (Å²) < 4.78 is 0. The molecular formula is C6H13NO2S. The van der Waals surface area contributed by atoms with E-state index in [1.54, 1.807) is 0 Å². The van der Waals surface area contributed by atoms with Gasteiger partial charge in [-0.1, -0.05) is 0 Å². The van der Waals surface area contributed by atoms with Crippen LogP contribution in [0.25, 0.3) is 0 Å². The molecule has 60 valence electrons. The number of nitrogens with zero attached hydrogens (tertiary/aromatic N) is 1. The van der Waals surface area contributed by atoms with Crippen LogP contribution in [0.4, 0.5) is 0 Å². The Bertz CT molecular complexity index is 106. The average molecular weight is 163 g/mol. The first-order valence-corrected chi connectivity index (χ1v) is 4.22. The monoisotopic (exact) mass is 163 g/mol. The number of carbonyl (C=O) groups is 1. The highest BCUT2D eigenvalue weighted by Crippen LogP contribution is 1.98. The third-order valence-electron chi connectivity index (χ3n) is 0.908. The van der Waals surface area contributed by atoms with Crippen molar-refractivity contribution in [2.45, 2.75) is 0 Å². The van der Waals surface area contributed by atoms with Crippen molar-refractivity contribution in [1.82, 2.24) is 4.90 Å². The van der Waals surface area contributed by atoms with Gasteiger partial charge in [0.05, 0.1) is 5.75 Å². The van der Waals surface area contributed by atoms with Crippen molar-refractivity contribution in [2.24, 2.45) is 0 Å². The first kappa shape index (κ1) is 9.78. The van der Waals surface area contributed by atoms with Crippen molar-refractivity contribution in [3.63, 3.8) is 0 Å². The molecule has 0 aliphatic heterocycles. The van der Waals surface area contributed by atoms with Gasteiger partial charge in [-0.25, -0.2) is 0 Å². The molecule has 1 N–H and O–H groups in total. The Kier molecular flexibility index (Phi) is 5.43. The van der Waals surface area contributed by atoms with E-state index in [1.165, 1.54) is 11.8 Å². The summed E-state index contributed by atoms with van der Waals surface area (Å²) in [6.07, 6.45) is 0. The molecular weight excluding hydrogens is 150 g/mol. The number of carboxylic acid groups (broad SMARTS) is 1. The van der Waals surface area contributed by atoms with Crippen molar-refractivity contribution in [3.05, 3.63) is 0 Å². The summed E-state index contributed by atoms with van der Waals surface area (Å²) >= 11 is 1.45. The largest absolute Gasteiger partial charge is 0.481 e. The van der Waals surface area contributed by atoms with Crippen LogP contribution in [0, 0.1) is 0 Å². The molecule has 0 unspecified atom stereocenters. The molecule has 4 heteroatoms. The summed E-state index contributed by atoms with van der Waals surface area (Å²) in [5, 5.41) is 8.24. The van der Waals surface area contributed by atoms with Gasteiger partial charge < -0.3 is 10.0 Å². The third-order valence-corrected chi connectivity index (χ3v) is 1.83. The molecule has 0 radical (unpaired) electrons. The van der Waals surface area contributed by atoms with E-state index in [9.17, 15) is 4.79 Å². The third kappa shape index (κ3) is 7.78. The van der Waals surface area contributed by atoms with Gasteiger partial charge in [0, 0.05) is 12.3 Å². The molecule has 0 fully saturated rings. The van der Waals surface area contributed by atoms with E-state index in [1.807, 2.05) is 19.0 Å². The summed E-state index contributed by atoms with van der Waals surface area (Å²) in [5.74, 6) is 0.372. The second-order valence-electron chi connectivity index (χ2n) is 2.25. The van der Waals surface area contributed by atoms with Crippen molar-refractivity contribution < 1.29 is 9.90 Å². The van der Waals surface area contributed by atoms with Crippen molar-refractivity contribution in [2.75, 3.05) is 32.1 Å². The molecule has 0 bridgehead atoms. The highest BCUT2D eigenvalue weighted by Gasteiger charge is 1.96. The predicted molar refractivity (Wildman–Crippen MR) is 43.5 cm³/mol. The van der Waals surface area contributed by atoms with Crippen molar-refractivity contribution in [1.29, 1.82) is 0 Å². The molecule has 0 aromatic rings. The van der Waals surface area contributed by atoms with Gasteiger partial charge in [0.15, 0.2) is 0 Å². The highest BCUT2D eigenvalue weighted by molar-refractivity contribution is 7.99. The summed E-state index contributed by atoms with van der Waals surface area (Å²) in [6, 6.07) is 0. The fraction of sp³-hybridized carbons (Fsp3) is 0.833. The smallest absolute Gasteiger partial charge is 0.313 e. The first-order chi connectivity index (χ1) is 4.63. The molecule has 0 saturated carbocycles. The SMILES string of the molecule is CN(C)CCSCC(=O)O. The van der Waals surface area contributed by atoms with Gasteiger partial charge >= 0.3 is 5.97 Å². The van der Waals surface area contributed by atoms with Crippen LogP contribution < -0.4 is 0 Å². The highest BCUT2D eigenvalue weighted by atomic mass is 32.2. The number of aliphatic carboxylic acids is 1. The lowest BCUT2D eigenvalue weighted by molar-refractivity contribution is -0.133. The maximum atomic E-state index is 10.0. The molecule has 0 aliphatic carbocycles. The van der Waals surface area contributed by atoms with Gasteiger partial charge in [-0.05, 0) is 14.1 Å². The van der Waals surface area contributed by atoms with Crippen LogP contribution in [0.5, 0.6) is 0 Å². The molecule has 0 heterocycles. The number of thioether (sulfide) groups is 1.